The van der Waals surface area contributed by atoms with Crippen molar-refractivity contribution in [1.29, 1.82) is 0 Å². The number of nitrogens with one attached hydrogen (secondary N) is 2. The first-order valence-electron chi connectivity index (χ1n) is 12.1. The van der Waals surface area contributed by atoms with Crippen molar-refractivity contribution in [3.8, 4) is 11.3 Å². The van der Waals surface area contributed by atoms with Crippen LogP contribution in [0.1, 0.15) is 24.5 Å². The van der Waals surface area contributed by atoms with Gasteiger partial charge in [0.05, 0.1) is 12.2 Å². The minimum atomic E-state index is -0.0167. The Bertz CT molecular complexity index is 1090. The number of amides is 2. The number of aromatic nitrogens is 1. The van der Waals surface area contributed by atoms with Crippen LogP contribution in [0.5, 0.6) is 0 Å². The third-order valence-electron chi connectivity index (χ3n) is 6.10. The number of carbonyl (C=O) groups excluding carboxylic acids is 2. The molecule has 8 heteroatoms. The monoisotopic (exact) mass is 491 g/mol. The first-order valence-corrected chi connectivity index (χ1v) is 13.0. The smallest absolute Gasteiger partial charge is 0.240 e. The molecule has 1 aliphatic rings. The van der Waals surface area contributed by atoms with E-state index in [2.05, 4.69) is 73.9 Å². The lowest BCUT2D eigenvalue weighted by atomic mass is 10.1. The average molecular weight is 492 g/mol. The van der Waals surface area contributed by atoms with Gasteiger partial charge in [0, 0.05) is 57.1 Å². The number of anilines is 1. The molecule has 1 saturated heterocycles. The molecule has 1 aliphatic heterocycles. The molecule has 1 aromatic heterocycles. The molecule has 0 spiro atoms. The van der Waals surface area contributed by atoms with Crippen LogP contribution in [-0.2, 0) is 22.6 Å². The molecule has 7 nitrogen and oxygen atoms in total. The van der Waals surface area contributed by atoms with E-state index in [0.29, 0.717) is 18.2 Å². The fourth-order valence-corrected chi connectivity index (χ4v) is 4.91. The predicted octanol–water partition coefficient (Wildman–Crippen LogP) is 3.64. The largest absolute Gasteiger partial charge is 0.356 e. The number of rotatable bonds is 10. The number of aryl methyl sites for hydroxylation is 1. The minimum absolute atomic E-state index is 0.00758. The number of benzene rings is 2. The summed E-state index contributed by atoms with van der Waals surface area (Å²) in [5.41, 5.74) is 4.45. The van der Waals surface area contributed by atoms with Crippen LogP contribution in [0.25, 0.3) is 11.3 Å². The Morgan fingerprint density at radius 3 is 2.37 bits per heavy atom. The van der Waals surface area contributed by atoms with Crippen molar-refractivity contribution in [1.82, 2.24) is 20.1 Å². The average Bonchev–Trinajstić information content (AvgIpc) is 3.32. The molecule has 0 radical (unpaired) electrons. The van der Waals surface area contributed by atoms with Gasteiger partial charge in [-0.05, 0) is 24.0 Å². The van der Waals surface area contributed by atoms with E-state index in [9.17, 15) is 9.59 Å². The molecule has 0 unspecified atom stereocenters. The highest BCUT2D eigenvalue weighted by molar-refractivity contribution is 7.14. The minimum Gasteiger partial charge on any atom is -0.356 e. The molecule has 2 N–H and O–H groups in total. The van der Waals surface area contributed by atoms with Crippen LogP contribution in [0.2, 0.25) is 0 Å². The second kappa shape index (κ2) is 12.6. The third kappa shape index (κ3) is 7.99. The van der Waals surface area contributed by atoms with Gasteiger partial charge in [-0.1, -0.05) is 54.6 Å². The van der Waals surface area contributed by atoms with E-state index in [1.807, 2.05) is 11.4 Å². The first-order chi connectivity index (χ1) is 17.0. The molecule has 2 heterocycles. The Balaban J connectivity index is 1.19. The van der Waals surface area contributed by atoms with Gasteiger partial charge in [0.15, 0.2) is 5.13 Å². The molecule has 0 atom stereocenters. The molecule has 2 amide bonds. The van der Waals surface area contributed by atoms with E-state index in [-0.39, 0.29) is 11.8 Å². The standard InChI is InChI=1S/C27H33N5O2S/c1-21(33)28-13-5-8-22-9-11-24(12-10-22)25-20-35-27(29-25)30-26(34)19-32-16-14-31(15-17-32)18-23-6-3-2-4-7-23/h2-4,6-7,9-12,20H,5,8,13-19H2,1H3,(H,28,33)(H,29,30,34). The maximum atomic E-state index is 12.6. The molecule has 0 aliphatic carbocycles. The summed E-state index contributed by atoms with van der Waals surface area (Å²) in [4.78, 5) is 32.8. The van der Waals surface area contributed by atoms with Crippen LogP contribution < -0.4 is 10.6 Å². The zero-order valence-electron chi connectivity index (χ0n) is 20.2. The Morgan fingerprint density at radius 2 is 1.66 bits per heavy atom. The summed E-state index contributed by atoms with van der Waals surface area (Å²) in [6.45, 7) is 7.28. The van der Waals surface area contributed by atoms with E-state index in [0.717, 1.165) is 56.8 Å². The van der Waals surface area contributed by atoms with Crippen LogP contribution >= 0.6 is 11.3 Å². The summed E-state index contributed by atoms with van der Waals surface area (Å²) in [7, 11) is 0. The van der Waals surface area contributed by atoms with Crippen LogP contribution in [0.15, 0.2) is 60.0 Å². The van der Waals surface area contributed by atoms with Crippen molar-refractivity contribution >= 4 is 28.3 Å². The van der Waals surface area contributed by atoms with Crippen LogP contribution in [-0.4, -0.2) is 65.9 Å². The van der Waals surface area contributed by atoms with Crippen molar-refractivity contribution in [3.05, 3.63) is 71.1 Å². The summed E-state index contributed by atoms with van der Waals surface area (Å²) in [5.74, 6) is -0.00916. The van der Waals surface area contributed by atoms with E-state index >= 15 is 0 Å². The van der Waals surface area contributed by atoms with E-state index < -0.39 is 0 Å². The van der Waals surface area contributed by atoms with Gasteiger partial charge in [-0.15, -0.1) is 11.3 Å². The molecule has 1 fully saturated rings. The van der Waals surface area contributed by atoms with Gasteiger partial charge >= 0.3 is 0 Å². The van der Waals surface area contributed by atoms with Crippen molar-refractivity contribution in [2.24, 2.45) is 0 Å². The Kier molecular flexibility index (Phi) is 9.00. The highest BCUT2D eigenvalue weighted by Crippen LogP contribution is 2.25. The molecule has 3 aromatic rings. The van der Waals surface area contributed by atoms with Gasteiger partial charge in [-0.3, -0.25) is 19.4 Å². The molecular weight excluding hydrogens is 458 g/mol. The van der Waals surface area contributed by atoms with Gasteiger partial charge < -0.3 is 10.6 Å². The number of piperazine rings is 1. The highest BCUT2D eigenvalue weighted by atomic mass is 32.1. The van der Waals surface area contributed by atoms with Gasteiger partial charge in [0.25, 0.3) is 0 Å². The number of carbonyl (C=O) groups is 2. The summed E-state index contributed by atoms with van der Waals surface area (Å²) in [5, 5.41) is 8.39. The summed E-state index contributed by atoms with van der Waals surface area (Å²) >= 11 is 1.45. The van der Waals surface area contributed by atoms with E-state index in [1.54, 1.807) is 0 Å². The van der Waals surface area contributed by atoms with Gasteiger partial charge in [-0.2, -0.15) is 0 Å². The SMILES string of the molecule is CC(=O)NCCCc1ccc(-c2csc(NC(=O)CN3CCN(Cc4ccccc4)CC3)n2)cc1. The van der Waals surface area contributed by atoms with Crippen molar-refractivity contribution < 1.29 is 9.59 Å². The van der Waals surface area contributed by atoms with Gasteiger partial charge in [0.1, 0.15) is 0 Å². The lowest BCUT2D eigenvalue weighted by molar-refractivity contribution is -0.119. The quantitative estimate of drug-likeness (QED) is 0.424. The first kappa shape index (κ1) is 25.0. The summed E-state index contributed by atoms with van der Waals surface area (Å²) < 4.78 is 0. The second-order valence-electron chi connectivity index (χ2n) is 8.91. The van der Waals surface area contributed by atoms with Crippen LogP contribution in [0.3, 0.4) is 0 Å². The van der Waals surface area contributed by atoms with E-state index in [4.69, 9.17) is 0 Å². The zero-order chi connectivity index (χ0) is 24.5. The predicted molar refractivity (Wildman–Crippen MR) is 141 cm³/mol. The Labute approximate surface area is 211 Å². The number of nitrogens with zero attached hydrogens (tertiary/aromatic N) is 3. The summed E-state index contributed by atoms with van der Waals surface area (Å²) in [6, 6.07) is 18.8. The molecule has 2 aromatic carbocycles. The second-order valence-corrected chi connectivity index (χ2v) is 9.77. The Hall–Kier alpha value is -3.07. The topological polar surface area (TPSA) is 77.6 Å². The molecule has 184 valence electrons. The number of hydrogen-bond donors (Lipinski definition) is 2. The highest BCUT2D eigenvalue weighted by Gasteiger charge is 2.19. The van der Waals surface area contributed by atoms with Gasteiger partial charge in [0.2, 0.25) is 11.8 Å². The van der Waals surface area contributed by atoms with Crippen molar-refractivity contribution in [3.63, 3.8) is 0 Å². The molecular formula is C27H33N5O2S. The molecule has 35 heavy (non-hydrogen) atoms. The third-order valence-corrected chi connectivity index (χ3v) is 6.86. The lowest BCUT2D eigenvalue weighted by Crippen LogP contribution is -2.48. The zero-order valence-corrected chi connectivity index (χ0v) is 21.0. The number of hydrogen-bond acceptors (Lipinski definition) is 6. The maximum Gasteiger partial charge on any atom is 0.240 e. The lowest BCUT2D eigenvalue weighted by Gasteiger charge is -2.34. The van der Waals surface area contributed by atoms with Crippen LogP contribution in [0, 0.1) is 0 Å². The molecule has 4 rings (SSSR count). The van der Waals surface area contributed by atoms with Crippen molar-refractivity contribution in [2.75, 3.05) is 44.6 Å². The van der Waals surface area contributed by atoms with E-state index in [1.165, 1.54) is 29.4 Å². The van der Waals surface area contributed by atoms with Gasteiger partial charge in [-0.25, -0.2) is 4.98 Å². The Morgan fingerprint density at radius 1 is 0.943 bits per heavy atom. The van der Waals surface area contributed by atoms with Crippen molar-refractivity contribution in [2.45, 2.75) is 26.3 Å². The number of thiazole rings is 1. The maximum absolute atomic E-state index is 12.6. The molecule has 0 bridgehead atoms. The fraction of sp³-hybridized carbons (Fsp3) is 0.370. The molecule has 0 saturated carbocycles. The summed E-state index contributed by atoms with van der Waals surface area (Å²) in [6.07, 6.45) is 1.83. The normalized spacial score (nSPS) is 14.5. The van der Waals surface area contributed by atoms with Crippen LogP contribution in [0.4, 0.5) is 5.13 Å². The fourth-order valence-electron chi connectivity index (χ4n) is 4.17.